The van der Waals surface area contributed by atoms with Gasteiger partial charge < -0.3 is 9.47 Å². The van der Waals surface area contributed by atoms with Gasteiger partial charge in [0, 0.05) is 0 Å². The minimum atomic E-state index is -0.788. The van der Waals surface area contributed by atoms with E-state index in [1.165, 1.54) is 0 Å². The first kappa shape index (κ1) is 11.5. The van der Waals surface area contributed by atoms with Crippen molar-refractivity contribution >= 4 is 6.16 Å². The Labute approximate surface area is 77.8 Å². The van der Waals surface area contributed by atoms with Crippen LogP contribution in [0.3, 0.4) is 0 Å². The Morgan fingerprint density at radius 2 is 2.08 bits per heavy atom. The second-order valence-corrected chi connectivity index (χ2v) is 3.47. The molecule has 13 heavy (non-hydrogen) atoms. The molecule has 4 nitrogen and oxygen atoms in total. The van der Waals surface area contributed by atoms with Crippen LogP contribution < -0.4 is 0 Å². The molecule has 0 radical (unpaired) electrons. The van der Waals surface area contributed by atoms with Gasteiger partial charge in [0.05, 0.1) is 11.6 Å². The van der Waals surface area contributed by atoms with Crippen molar-refractivity contribution < 1.29 is 14.3 Å². The third-order valence-corrected chi connectivity index (χ3v) is 0.912. The second kappa shape index (κ2) is 4.51. The Bertz CT molecular complexity index is 245. The van der Waals surface area contributed by atoms with E-state index in [0.717, 1.165) is 0 Å². The van der Waals surface area contributed by atoms with Crippen molar-refractivity contribution in [2.75, 3.05) is 6.61 Å². The molecule has 4 heteroatoms. The molecule has 0 N–H and O–H groups in total. The molecule has 0 aliphatic carbocycles. The molecule has 0 aliphatic heterocycles. The van der Waals surface area contributed by atoms with Crippen LogP contribution >= 0.6 is 0 Å². The van der Waals surface area contributed by atoms with Gasteiger partial charge in [-0.25, -0.2) is 4.79 Å². The van der Waals surface area contributed by atoms with E-state index >= 15 is 0 Å². The molecule has 0 aliphatic rings. The van der Waals surface area contributed by atoms with Crippen molar-refractivity contribution in [3.8, 4) is 6.07 Å². The number of hydrogen-bond acceptors (Lipinski definition) is 4. The smallest absolute Gasteiger partial charge is 0.429 e. The van der Waals surface area contributed by atoms with E-state index in [4.69, 9.17) is 10.00 Å². The predicted octanol–water partition coefficient (Wildman–Crippen LogP) is 2.02. The summed E-state index contributed by atoms with van der Waals surface area (Å²) in [5.74, 6) is 0. The van der Waals surface area contributed by atoms with Gasteiger partial charge in [-0.15, -0.1) is 0 Å². The molecule has 0 bridgehead atoms. The lowest BCUT2D eigenvalue weighted by atomic mass is 10.2. The summed E-state index contributed by atoms with van der Waals surface area (Å²) in [5.41, 5.74) is -0.392. The van der Waals surface area contributed by atoms with E-state index in [1.807, 2.05) is 0 Å². The summed E-state index contributed by atoms with van der Waals surface area (Å²) in [6.07, 6.45) is -0.788. The molecule has 0 rings (SSSR count). The monoisotopic (exact) mass is 183 g/mol. The van der Waals surface area contributed by atoms with E-state index in [0.29, 0.717) is 0 Å². The van der Waals surface area contributed by atoms with Gasteiger partial charge in [-0.3, -0.25) is 0 Å². The molecule has 0 aromatic rings. The van der Waals surface area contributed by atoms with Gasteiger partial charge >= 0.3 is 6.16 Å². The highest BCUT2D eigenvalue weighted by atomic mass is 16.7. The lowest BCUT2D eigenvalue weighted by molar-refractivity contribution is -0.00301. The number of rotatable bonds is 2. The maximum atomic E-state index is 10.9. The topological polar surface area (TPSA) is 59.3 Å². The largest absolute Gasteiger partial charge is 0.509 e. The lowest BCUT2D eigenvalue weighted by Crippen LogP contribution is -2.24. The van der Waals surface area contributed by atoms with Crippen LogP contribution in [0.15, 0.2) is 12.2 Å². The summed E-state index contributed by atoms with van der Waals surface area (Å²) in [5, 5.41) is 8.30. The fraction of sp³-hybridized carbons (Fsp3) is 0.556. The first-order valence-electron chi connectivity index (χ1n) is 3.79. The minimum absolute atomic E-state index is 0.120. The predicted molar refractivity (Wildman–Crippen MR) is 46.9 cm³/mol. The van der Waals surface area contributed by atoms with Crippen LogP contribution in [0, 0.1) is 11.3 Å². The maximum absolute atomic E-state index is 10.9. The Balaban J connectivity index is 3.79. The third kappa shape index (κ3) is 6.88. The molecular formula is C9H13NO3. The van der Waals surface area contributed by atoms with Crippen LogP contribution in [0.1, 0.15) is 20.8 Å². The maximum Gasteiger partial charge on any atom is 0.509 e. The third-order valence-electron chi connectivity index (χ3n) is 0.912. The average Bonchev–Trinajstić information content (AvgIpc) is 1.97. The highest BCUT2D eigenvalue weighted by Gasteiger charge is 2.17. The molecule has 0 amide bonds. The van der Waals surface area contributed by atoms with E-state index in [1.54, 1.807) is 26.8 Å². The number of carbonyl (C=O) groups excluding carboxylic acids is 1. The van der Waals surface area contributed by atoms with Gasteiger partial charge in [-0.2, -0.15) is 5.26 Å². The van der Waals surface area contributed by atoms with Crippen LogP contribution in [-0.2, 0) is 9.47 Å². The van der Waals surface area contributed by atoms with Gasteiger partial charge in [0.2, 0.25) is 0 Å². The molecule has 0 aromatic carbocycles. The van der Waals surface area contributed by atoms with Crippen LogP contribution in [0.2, 0.25) is 0 Å². The first-order valence-corrected chi connectivity index (χ1v) is 3.79. The van der Waals surface area contributed by atoms with Crippen LogP contribution in [0.4, 0.5) is 4.79 Å². The Morgan fingerprint density at radius 1 is 1.54 bits per heavy atom. The second-order valence-electron chi connectivity index (χ2n) is 3.47. The number of nitriles is 1. The zero-order chi connectivity index (χ0) is 10.5. The van der Waals surface area contributed by atoms with E-state index in [-0.39, 0.29) is 12.2 Å². The number of carbonyl (C=O) groups is 1. The highest BCUT2D eigenvalue weighted by molar-refractivity contribution is 5.60. The number of ether oxygens (including phenoxy) is 2. The van der Waals surface area contributed by atoms with Gasteiger partial charge in [-0.1, -0.05) is 6.58 Å². The molecule has 72 valence electrons. The molecule has 0 heterocycles. The number of nitrogens with zero attached hydrogens (tertiary/aromatic N) is 1. The fourth-order valence-electron chi connectivity index (χ4n) is 0.458. The molecule has 0 unspecified atom stereocenters. The normalized spacial score (nSPS) is 10.0. The summed E-state index contributed by atoms with van der Waals surface area (Å²) < 4.78 is 9.41. The average molecular weight is 183 g/mol. The van der Waals surface area contributed by atoms with Gasteiger partial charge in [0.25, 0.3) is 0 Å². The summed E-state index contributed by atoms with van der Waals surface area (Å²) in [4.78, 5) is 10.9. The lowest BCUT2D eigenvalue weighted by Gasteiger charge is -2.18. The Hall–Kier alpha value is -1.50. The first-order chi connectivity index (χ1) is 5.85. The van der Waals surface area contributed by atoms with Crippen molar-refractivity contribution in [3.63, 3.8) is 0 Å². The van der Waals surface area contributed by atoms with Crippen molar-refractivity contribution in [1.29, 1.82) is 5.26 Å². The summed E-state index contributed by atoms with van der Waals surface area (Å²) in [6, 6.07) is 1.76. The summed E-state index contributed by atoms with van der Waals surface area (Å²) in [6.45, 7) is 8.42. The molecule has 0 spiro atoms. The molecule has 0 atom stereocenters. The zero-order valence-corrected chi connectivity index (χ0v) is 8.09. The van der Waals surface area contributed by atoms with Gasteiger partial charge in [-0.05, 0) is 20.8 Å². The SMILES string of the molecule is C=C(C#N)COC(=O)OC(C)(C)C. The molecule has 0 saturated heterocycles. The van der Waals surface area contributed by atoms with E-state index < -0.39 is 11.8 Å². The van der Waals surface area contributed by atoms with Crippen LogP contribution in [-0.4, -0.2) is 18.4 Å². The molecule has 0 aromatic heterocycles. The van der Waals surface area contributed by atoms with Gasteiger partial charge in [0.15, 0.2) is 0 Å². The molecule has 0 fully saturated rings. The fourth-order valence-corrected chi connectivity index (χ4v) is 0.458. The van der Waals surface area contributed by atoms with Crippen molar-refractivity contribution in [3.05, 3.63) is 12.2 Å². The van der Waals surface area contributed by atoms with Crippen LogP contribution in [0.25, 0.3) is 0 Å². The van der Waals surface area contributed by atoms with E-state index in [2.05, 4.69) is 11.3 Å². The molecular weight excluding hydrogens is 170 g/mol. The minimum Gasteiger partial charge on any atom is -0.429 e. The van der Waals surface area contributed by atoms with Crippen molar-refractivity contribution in [2.24, 2.45) is 0 Å². The highest BCUT2D eigenvalue weighted by Crippen LogP contribution is 2.08. The molecule has 0 saturated carbocycles. The summed E-state index contributed by atoms with van der Waals surface area (Å²) in [7, 11) is 0. The standard InChI is InChI=1S/C9H13NO3/c1-7(5-10)6-12-8(11)13-9(2,3)4/h1,6H2,2-4H3. The van der Waals surface area contributed by atoms with E-state index in [9.17, 15) is 4.79 Å². The zero-order valence-electron chi connectivity index (χ0n) is 8.09. The van der Waals surface area contributed by atoms with Crippen molar-refractivity contribution in [1.82, 2.24) is 0 Å². The quantitative estimate of drug-likeness (QED) is 0.485. The number of hydrogen-bond donors (Lipinski definition) is 0. The Morgan fingerprint density at radius 3 is 2.46 bits per heavy atom. The Kier molecular flexibility index (Phi) is 3.99. The summed E-state index contributed by atoms with van der Waals surface area (Å²) >= 11 is 0. The van der Waals surface area contributed by atoms with Crippen LogP contribution in [0.5, 0.6) is 0 Å². The van der Waals surface area contributed by atoms with Gasteiger partial charge in [0.1, 0.15) is 12.2 Å². The van der Waals surface area contributed by atoms with Crippen molar-refractivity contribution in [2.45, 2.75) is 26.4 Å².